The molecule has 25 heavy (non-hydrogen) atoms. The largest absolute Gasteiger partial charge is 0.353 e. The van der Waals surface area contributed by atoms with Gasteiger partial charge in [-0.3, -0.25) is 9.59 Å². The van der Waals surface area contributed by atoms with Crippen LogP contribution in [0.25, 0.3) is 0 Å². The van der Waals surface area contributed by atoms with Crippen LogP contribution in [0.3, 0.4) is 0 Å². The molecule has 0 amide bonds. The summed E-state index contributed by atoms with van der Waals surface area (Å²) in [6.07, 6.45) is 3.95. The summed E-state index contributed by atoms with van der Waals surface area (Å²) in [5.74, 6) is -0.0975. The molecule has 0 saturated carbocycles. The van der Waals surface area contributed by atoms with Crippen LogP contribution in [0.2, 0.25) is 0 Å². The highest BCUT2D eigenvalue weighted by Gasteiger charge is 2.31. The normalized spacial score (nSPS) is 15.8. The number of benzene rings is 1. The van der Waals surface area contributed by atoms with E-state index in [0.29, 0.717) is 28.7 Å². The van der Waals surface area contributed by atoms with Crippen LogP contribution >= 0.6 is 0 Å². The van der Waals surface area contributed by atoms with E-state index in [0.717, 1.165) is 18.8 Å². The van der Waals surface area contributed by atoms with E-state index >= 15 is 0 Å². The molecule has 0 aliphatic heterocycles. The molecule has 0 unspecified atom stereocenters. The predicted octanol–water partition coefficient (Wildman–Crippen LogP) is 4.28. The van der Waals surface area contributed by atoms with Crippen molar-refractivity contribution in [2.75, 3.05) is 13.2 Å². The highest BCUT2D eigenvalue weighted by molar-refractivity contribution is 6.28. The summed E-state index contributed by atoms with van der Waals surface area (Å²) in [7, 11) is 0. The van der Waals surface area contributed by atoms with E-state index in [9.17, 15) is 9.59 Å². The second kappa shape index (κ2) is 8.70. The van der Waals surface area contributed by atoms with E-state index < -0.39 is 0 Å². The fraction of sp³-hybridized carbons (Fsp3) is 0.333. The van der Waals surface area contributed by atoms with Crippen molar-refractivity contribution < 1.29 is 19.1 Å². The summed E-state index contributed by atoms with van der Waals surface area (Å²) in [6.45, 7) is 11.1. The Bertz CT molecular complexity index is 734. The van der Waals surface area contributed by atoms with Gasteiger partial charge in [0.2, 0.25) is 0 Å². The molecule has 0 N–H and O–H groups in total. The molecule has 3 rings (SSSR count). The third-order valence-corrected chi connectivity index (χ3v) is 3.95. The van der Waals surface area contributed by atoms with Gasteiger partial charge in [0.15, 0.2) is 17.9 Å². The summed E-state index contributed by atoms with van der Waals surface area (Å²) in [5, 5.41) is 0. The molecule has 0 bridgehead atoms. The van der Waals surface area contributed by atoms with Crippen molar-refractivity contribution in [3.63, 3.8) is 0 Å². The van der Waals surface area contributed by atoms with Gasteiger partial charge < -0.3 is 9.47 Å². The quantitative estimate of drug-likeness (QED) is 0.768. The maximum absolute atomic E-state index is 12.3. The number of rotatable bonds is 4. The Kier molecular flexibility index (Phi) is 6.62. The Balaban J connectivity index is 0.000000242. The van der Waals surface area contributed by atoms with Crippen LogP contribution in [0.4, 0.5) is 0 Å². The van der Waals surface area contributed by atoms with Crippen molar-refractivity contribution in [3.8, 4) is 0 Å². The van der Waals surface area contributed by atoms with E-state index in [1.54, 1.807) is 36.4 Å². The van der Waals surface area contributed by atoms with Crippen LogP contribution in [-0.2, 0) is 9.47 Å². The van der Waals surface area contributed by atoms with E-state index in [1.165, 1.54) is 0 Å². The topological polar surface area (TPSA) is 52.6 Å². The summed E-state index contributed by atoms with van der Waals surface area (Å²) < 4.78 is 10.1. The number of carbonyl (C=O) groups is 2. The minimum atomic E-state index is -0.0565. The lowest BCUT2D eigenvalue weighted by Crippen LogP contribution is -2.22. The molecule has 0 fully saturated rings. The smallest absolute Gasteiger partial charge is 0.194 e. The zero-order chi connectivity index (χ0) is 18.4. The van der Waals surface area contributed by atoms with Crippen molar-refractivity contribution in [2.24, 2.45) is 0 Å². The highest BCUT2D eigenvalue weighted by atomic mass is 16.7. The first-order chi connectivity index (χ1) is 12.0. The zero-order valence-corrected chi connectivity index (χ0v) is 15.0. The van der Waals surface area contributed by atoms with Gasteiger partial charge in [-0.25, -0.2) is 0 Å². The fourth-order valence-electron chi connectivity index (χ4n) is 2.80. The van der Waals surface area contributed by atoms with Crippen molar-refractivity contribution in [3.05, 3.63) is 70.8 Å². The molecule has 0 spiro atoms. The molecule has 0 heterocycles. The van der Waals surface area contributed by atoms with Gasteiger partial charge in [-0.1, -0.05) is 48.6 Å². The average molecular weight is 340 g/mol. The number of ether oxygens (including phenoxy) is 2. The van der Waals surface area contributed by atoms with Gasteiger partial charge in [-0.15, -0.1) is 0 Å². The molecule has 4 nitrogen and oxygen atoms in total. The Morgan fingerprint density at radius 3 is 2.12 bits per heavy atom. The van der Waals surface area contributed by atoms with Crippen molar-refractivity contribution in [2.45, 2.75) is 33.5 Å². The first-order valence-corrected chi connectivity index (χ1v) is 8.50. The lowest BCUT2D eigenvalue weighted by atomic mass is 9.79. The number of hydrogen-bond acceptors (Lipinski definition) is 4. The molecule has 0 saturated heterocycles. The van der Waals surface area contributed by atoms with E-state index in [1.807, 2.05) is 20.8 Å². The lowest BCUT2D eigenvalue weighted by Gasteiger charge is -2.22. The molecule has 0 aromatic heterocycles. The number of allylic oxidation sites excluding steroid dienone is 5. The Hall–Kier alpha value is -2.30. The van der Waals surface area contributed by atoms with Crippen LogP contribution in [-0.4, -0.2) is 31.1 Å². The summed E-state index contributed by atoms with van der Waals surface area (Å²) >= 11 is 0. The second-order valence-electron chi connectivity index (χ2n) is 5.74. The van der Waals surface area contributed by atoms with Crippen LogP contribution in [0.1, 0.15) is 47.9 Å². The first kappa shape index (κ1) is 19.0. The van der Waals surface area contributed by atoms with Crippen LogP contribution in [0.15, 0.2) is 59.7 Å². The first-order valence-electron chi connectivity index (χ1n) is 8.50. The molecular formula is C21H24O4. The van der Waals surface area contributed by atoms with Gasteiger partial charge in [0, 0.05) is 41.9 Å². The molecule has 132 valence electrons. The standard InChI is InChI=1S/C15H10O2.C6H14O2/c1-9-6-7-12-13(8-9)15(17)11-5-3-2-4-10(11)14(12)16;1-4-7-6(3)8-5-2/h2-7H,1,8H2;6H,4-5H2,1-3H3. The summed E-state index contributed by atoms with van der Waals surface area (Å²) in [5.41, 5.74) is 3.00. The van der Waals surface area contributed by atoms with E-state index in [4.69, 9.17) is 9.47 Å². The molecule has 4 heteroatoms. The van der Waals surface area contributed by atoms with Gasteiger partial charge in [0.05, 0.1) is 0 Å². The average Bonchev–Trinajstić information content (AvgIpc) is 2.61. The monoisotopic (exact) mass is 340 g/mol. The van der Waals surface area contributed by atoms with Gasteiger partial charge in [0.25, 0.3) is 0 Å². The zero-order valence-electron chi connectivity index (χ0n) is 15.0. The molecular weight excluding hydrogens is 316 g/mol. The molecule has 0 radical (unpaired) electrons. The predicted molar refractivity (Wildman–Crippen MR) is 97.7 cm³/mol. The van der Waals surface area contributed by atoms with Crippen LogP contribution in [0, 0.1) is 0 Å². The number of fused-ring (bicyclic) bond motifs is 1. The van der Waals surface area contributed by atoms with Crippen molar-refractivity contribution >= 4 is 11.6 Å². The third kappa shape index (κ3) is 4.41. The number of Topliss-reactive ketones (excluding diaryl/α,β-unsaturated/α-hetero) is 2. The molecule has 1 aromatic carbocycles. The summed E-state index contributed by atoms with van der Waals surface area (Å²) in [4.78, 5) is 24.5. The molecule has 0 atom stereocenters. The minimum absolute atomic E-state index is 0.0370. The number of ketones is 2. The number of carbonyl (C=O) groups excluding carboxylic acids is 2. The van der Waals surface area contributed by atoms with Crippen molar-refractivity contribution in [1.82, 2.24) is 0 Å². The SMILES string of the molecule is C=C1C=CC2=C(C1)C(=O)c1ccccc1C2=O.CCOC(C)OCC. The maximum atomic E-state index is 12.3. The van der Waals surface area contributed by atoms with Crippen molar-refractivity contribution in [1.29, 1.82) is 0 Å². The van der Waals surface area contributed by atoms with Gasteiger partial charge in [0.1, 0.15) is 0 Å². The van der Waals surface area contributed by atoms with Crippen LogP contribution in [0.5, 0.6) is 0 Å². The maximum Gasteiger partial charge on any atom is 0.194 e. The van der Waals surface area contributed by atoms with Gasteiger partial charge in [-0.05, 0) is 20.8 Å². The number of hydrogen-bond donors (Lipinski definition) is 0. The van der Waals surface area contributed by atoms with E-state index in [-0.39, 0.29) is 17.9 Å². The second-order valence-corrected chi connectivity index (χ2v) is 5.74. The Labute approximate surface area is 148 Å². The molecule has 2 aliphatic carbocycles. The molecule has 1 aromatic rings. The third-order valence-electron chi connectivity index (χ3n) is 3.95. The van der Waals surface area contributed by atoms with Gasteiger partial charge >= 0.3 is 0 Å². The van der Waals surface area contributed by atoms with Crippen LogP contribution < -0.4 is 0 Å². The minimum Gasteiger partial charge on any atom is -0.353 e. The molecule has 2 aliphatic rings. The fourth-order valence-corrected chi connectivity index (χ4v) is 2.80. The van der Waals surface area contributed by atoms with Gasteiger partial charge in [-0.2, -0.15) is 0 Å². The van der Waals surface area contributed by atoms with E-state index in [2.05, 4.69) is 6.58 Å². The Morgan fingerprint density at radius 1 is 1.00 bits per heavy atom. The summed E-state index contributed by atoms with van der Waals surface area (Å²) in [6, 6.07) is 6.97. The Morgan fingerprint density at radius 2 is 1.56 bits per heavy atom. The highest BCUT2D eigenvalue weighted by Crippen LogP contribution is 2.33. The lowest BCUT2D eigenvalue weighted by molar-refractivity contribution is -0.123.